The van der Waals surface area contributed by atoms with Crippen molar-refractivity contribution in [1.29, 1.82) is 0 Å². The number of likely N-dealkylation sites (N-methyl/N-ethyl adjacent to an activating group) is 1. The Morgan fingerprint density at radius 2 is 1.86 bits per heavy atom. The maximum atomic E-state index is 6.38. The van der Waals surface area contributed by atoms with E-state index in [2.05, 4.69) is 28.5 Å². The summed E-state index contributed by atoms with van der Waals surface area (Å²) in [6.07, 6.45) is 9.60. The normalized spacial score (nSPS) is 23.5. The fourth-order valence-electron chi connectivity index (χ4n) is 3.26. The van der Waals surface area contributed by atoms with Crippen molar-refractivity contribution >= 4 is 10.9 Å². The summed E-state index contributed by atoms with van der Waals surface area (Å²) in [4.78, 5) is 4.49. The number of benzene rings is 1. The van der Waals surface area contributed by atoms with E-state index >= 15 is 0 Å². The molecule has 1 aliphatic carbocycles. The molecule has 21 heavy (non-hydrogen) atoms. The Morgan fingerprint density at radius 1 is 1.05 bits per heavy atom. The molecule has 0 bridgehead atoms. The highest BCUT2D eigenvalue weighted by Crippen LogP contribution is 2.27. The van der Waals surface area contributed by atoms with Crippen LogP contribution in [0.25, 0.3) is 10.9 Å². The molecule has 112 valence electrons. The Morgan fingerprint density at radius 3 is 2.71 bits per heavy atom. The zero-order valence-electron chi connectivity index (χ0n) is 12.7. The molecule has 1 heterocycles. The molecule has 0 aliphatic heterocycles. The van der Waals surface area contributed by atoms with Gasteiger partial charge in [-0.2, -0.15) is 0 Å². The van der Waals surface area contributed by atoms with E-state index in [0.717, 1.165) is 23.1 Å². The van der Waals surface area contributed by atoms with Gasteiger partial charge >= 0.3 is 0 Å². The quantitative estimate of drug-likeness (QED) is 0.927. The molecule has 2 unspecified atom stereocenters. The lowest BCUT2D eigenvalue weighted by Gasteiger charge is -2.29. The molecule has 0 spiro atoms. The van der Waals surface area contributed by atoms with Crippen LogP contribution in [0, 0.1) is 0 Å². The summed E-state index contributed by atoms with van der Waals surface area (Å²) in [6.45, 7) is 0. The van der Waals surface area contributed by atoms with Gasteiger partial charge in [-0.1, -0.05) is 37.5 Å². The number of hydrogen-bond donors (Lipinski definition) is 1. The fraction of sp³-hybridized carbons (Fsp3) is 0.500. The van der Waals surface area contributed by atoms with Crippen molar-refractivity contribution in [3.63, 3.8) is 0 Å². The zero-order chi connectivity index (χ0) is 14.5. The molecule has 3 rings (SSSR count). The molecule has 3 nitrogen and oxygen atoms in total. The second kappa shape index (κ2) is 6.90. The number of nitrogens with zero attached hydrogens (tertiary/aromatic N) is 1. The van der Waals surface area contributed by atoms with E-state index < -0.39 is 0 Å². The van der Waals surface area contributed by atoms with E-state index in [4.69, 9.17) is 4.74 Å². The number of rotatable bonds is 3. The number of fused-ring (bicyclic) bond motifs is 1. The van der Waals surface area contributed by atoms with Crippen LogP contribution < -0.4 is 10.1 Å². The van der Waals surface area contributed by atoms with Crippen LogP contribution >= 0.6 is 0 Å². The van der Waals surface area contributed by atoms with Crippen LogP contribution in [0.15, 0.2) is 36.5 Å². The van der Waals surface area contributed by atoms with Crippen LogP contribution in [0.2, 0.25) is 0 Å². The van der Waals surface area contributed by atoms with Gasteiger partial charge in [0.05, 0.1) is 0 Å². The average Bonchev–Trinajstić information content (AvgIpc) is 2.50. The molecule has 1 fully saturated rings. The smallest absolute Gasteiger partial charge is 0.146 e. The minimum atomic E-state index is 0.239. The molecule has 1 aromatic carbocycles. The molecule has 2 atom stereocenters. The van der Waals surface area contributed by atoms with Crippen molar-refractivity contribution in [2.75, 3.05) is 7.05 Å². The first-order valence-corrected chi connectivity index (χ1v) is 8.06. The monoisotopic (exact) mass is 284 g/mol. The number of nitrogens with one attached hydrogen (secondary N) is 1. The lowest BCUT2D eigenvalue weighted by Crippen LogP contribution is -2.42. The first-order valence-electron chi connectivity index (χ1n) is 8.06. The van der Waals surface area contributed by atoms with Gasteiger partial charge in [-0.05, 0) is 38.4 Å². The van der Waals surface area contributed by atoms with Crippen molar-refractivity contribution in [1.82, 2.24) is 10.3 Å². The molecule has 1 N–H and O–H groups in total. The van der Waals surface area contributed by atoms with Crippen LogP contribution in [0.4, 0.5) is 0 Å². The predicted molar refractivity (Wildman–Crippen MR) is 86.7 cm³/mol. The Balaban J connectivity index is 1.85. The minimum Gasteiger partial charge on any atom is -0.487 e. The van der Waals surface area contributed by atoms with Crippen molar-refractivity contribution in [3.05, 3.63) is 36.5 Å². The van der Waals surface area contributed by atoms with Gasteiger partial charge in [-0.15, -0.1) is 0 Å². The lowest BCUT2D eigenvalue weighted by molar-refractivity contribution is 0.132. The van der Waals surface area contributed by atoms with Crippen LogP contribution in [0.5, 0.6) is 5.75 Å². The van der Waals surface area contributed by atoms with Gasteiger partial charge in [0.25, 0.3) is 0 Å². The second-order valence-corrected chi connectivity index (χ2v) is 5.87. The maximum Gasteiger partial charge on any atom is 0.146 e. The van der Waals surface area contributed by atoms with Crippen LogP contribution in [-0.4, -0.2) is 24.2 Å². The Kier molecular flexibility index (Phi) is 4.71. The molecule has 0 radical (unpaired) electrons. The van der Waals surface area contributed by atoms with Gasteiger partial charge in [-0.3, -0.25) is 4.98 Å². The summed E-state index contributed by atoms with van der Waals surface area (Å²) < 4.78 is 6.38. The number of pyridine rings is 1. The molecule has 0 saturated heterocycles. The van der Waals surface area contributed by atoms with Crippen molar-refractivity contribution in [2.24, 2.45) is 0 Å². The van der Waals surface area contributed by atoms with Gasteiger partial charge in [0.15, 0.2) is 0 Å². The average molecular weight is 284 g/mol. The highest BCUT2D eigenvalue weighted by molar-refractivity contribution is 5.84. The molecule has 2 aromatic rings. The predicted octanol–water partition coefficient (Wildman–Crippen LogP) is 3.92. The summed E-state index contributed by atoms with van der Waals surface area (Å²) in [5, 5.41) is 4.59. The van der Waals surface area contributed by atoms with Crippen molar-refractivity contribution < 1.29 is 4.74 Å². The summed E-state index contributed by atoms with van der Waals surface area (Å²) in [5.74, 6) is 0.916. The Hall–Kier alpha value is -1.61. The summed E-state index contributed by atoms with van der Waals surface area (Å²) in [5.41, 5.74) is 0.969. The number of para-hydroxylation sites is 1. The third-order valence-corrected chi connectivity index (χ3v) is 4.45. The largest absolute Gasteiger partial charge is 0.487 e. The number of aromatic nitrogens is 1. The van der Waals surface area contributed by atoms with Crippen LogP contribution in [0.3, 0.4) is 0 Å². The summed E-state index contributed by atoms with van der Waals surface area (Å²) in [7, 11) is 2.05. The first kappa shape index (κ1) is 14.3. The van der Waals surface area contributed by atoms with E-state index in [-0.39, 0.29) is 6.10 Å². The molecular weight excluding hydrogens is 260 g/mol. The molecule has 3 heteroatoms. The molecule has 1 aromatic heterocycles. The summed E-state index contributed by atoms with van der Waals surface area (Å²) >= 11 is 0. The van der Waals surface area contributed by atoms with Crippen molar-refractivity contribution in [2.45, 2.75) is 50.7 Å². The second-order valence-electron chi connectivity index (χ2n) is 5.87. The SMILES string of the molecule is CNC1CCCCCCC1Oc1cccc2cccnc12. The number of ether oxygens (including phenoxy) is 1. The lowest BCUT2D eigenvalue weighted by atomic mass is 9.94. The first-order chi connectivity index (χ1) is 10.4. The third-order valence-electron chi connectivity index (χ3n) is 4.45. The van der Waals surface area contributed by atoms with Crippen molar-refractivity contribution in [3.8, 4) is 5.75 Å². The minimum absolute atomic E-state index is 0.239. The highest BCUT2D eigenvalue weighted by Gasteiger charge is 2.23. The Bertz CT molecular complexity index is 579. The van der Waals surface area contributed by atoms with E-state index in [1.807, 2.05) is 25.4 Å². The Labute approximate surface area is 126 Å². The van der Waals surface area contributed by atoms with E-state index in [1.165, 1.54) is 32.1 Å². The summed E-state index contributed by atoms with van der Waals surface area (Å²) in [6, 6.07) is 10.7. The topological polar surface area (TPSA) is 34.1 Å². The number of hydrogen-bond acceptors (Lipinski definition) is 3. The van der Waals surface area contributed by atoms with Crippen LogP contribution in [0.1, 0.15) is 38.5 Å². The highest BCUT2D eigenvalue weighted by atomic mass is 16.5. The van der Waals surface area contributed by atoms with Gasteiger partial charge in [-0.25, -0.2) is 0 Å². The molecule has 0 amide bonds. The molecule has 1 aliphatic rings. The van der Waals surface area contributed by atoms with Gasteiger partial charge in [0.2, 0.25) is 0 Å². The van der Waals surface area contributed by atoms with Gasteiger partial charge in [0, 0.05) is 17.6 Å². The standard InChI is InChI=1S/C18H24N2O/c1-19-15-10-4-2-3-5-11-16(15)21-17-12-6-8-14-9-7-13-20-18(14)17/h6-9,12-13,15-16,19H,2-5,10-11H2,1H3. The fourth-order valence-corrected chi connectivity index (χ4v) is 3.26. The zero-order valence-corrected chi connectivity index (χ0v) is 12.7. The third kappa shape index (κ3) is 3.35. The van der Waals surface area contributed by atoms with Gasteiger partial charge < -0.3 is 10.1 Å². The molecular formula is C18H24N2O. The van der Waals surface area contributed by atoms with E-state index in [1.54, 1.807) is 0 Å². The maximum absolute atomic E-state index is 6.38. The molecule has 1 saturated carbocycles. The van der Waals surface area contributed by atoms with E-state index in [0.29, 0.717) is 6.04 Å². The van der Waals surface area contributed by atoms with Gasteiger partial charge in [0.1, 0.15) is 17.4 Å². The van der Waals surface area contributed by atoms with E-state index in [9.17, 15) is 0 Å². The van der Waals surface area contributed by atoms with Crippen LogP contribution in [-0.2, 0) is 0 Å².